The monoisotopic (exact) mass is 374 g/mol. The summed E-state index contributed by atoms with van der Waals surface area (Å²) in [7, 11) is 0. The predicted octanol–water partition coefficient (Wildman–Crippen LogP) is 5.55. The highest BCUT2D eigenvalue weighted by Gasteiger charge is 2.12. The van der Waals surface area contributed by atoms with Crippen LogP contribution in [0, 0.1) is 0 Å². The van der Waals surface area contributed by atoms with E-state index in [9.17, 15) is 0 Å². The van der Waals surface area contributed by atoms with E-state index in [-0.39, 0.29) is 11.8 Å². The zero-order valence-electron chi connectivity index (χ0n) is 11.0. The third kappa shape index (κ3) is 3.62. The van der Waals surface area contributed by atoms with Gasteiger partial charge >= 0.3 is 0 Å². The summed E-state index contributed by atoms with van der Waals surface area (Å²) in [5.74, 6) is 2.29. The zero-order chi connectivity index (χ0) is 14.7. The topological polar surface area (TPSA) is 35.0 Å². The molecule has 0 radical (unpaired) electrons. The Bertz CT molecular complexity index is 620. The Hall–Kier alpha value is -0.840. The van der Waals surface area contributed by atoms with Crippen LogP contribution < -0.4 is 4.74 Å². The Morgan fingerprint density at radius 3 is 2.70 bits per heavy atom. The van der Waals surface area contributed by atoms with Gasteiger partial charge in [-0.1, -0.05) is 41.4 Å². The third-order valence-corrected chi connectivity index (χ3v) is 3.66. The van der Waals surface area contributed by atoms with Crippen LogP contribution in [0.4, 0.5) is 0 Å². The van der Waals surface area contributed by atoms with Gasteiger partial charge in [-0.3, -0.25) is 0 Å². The third-order valence-electron chi connectivity index (χ3n) is 2.60. The Morgan fingerprint density at radius 2 is 2.05 bits per heavy atom. The van der Waals surface area contributed by atoms with Gasteiger partial charge in [-0.2, -0.15) is 0 Å². The second-order valence-corrected chi connectivity index (χ2v) is 6.09. The van der Waals surface area contributed by atoms with Crippen molar-refractivity contribution in [2.24, 2.45) is 0 Å². The normalized spacial score (nSPS) is 10.9. The molecule has 2 rings (SSSR count). The van der Waals surface area contributed by atoms with Gasteiger partial charge in [0.1, 0.15) is 17.3 Å². The Balaban J connectivity index is 2.35. The van der Waals surface area contributed by atoms with Crippen molar-refractivity contribution in [3.8, 4) is 11.5 Å². The van der Waals surface area contributed by atoms with Crippen molar-refractivity contribution in [1.82, 2.24) is 9.97 Å². The number of alkyl halides is 1. The molecule has 1 heterocycles. The zero-order valence-corrected chi connectivity index (χ0v) is 14.1. The summed E-state index contributed by atoms with van der Waals surface area (Å²) in [5, 5.41) is 0.515. The summed E-state index contributed by atoms with van der Waals surface area (Å²) in [6, 6.07) is 5.39. The maximum atomic E-state index is 6.10. The summed E-state index contributed by atoms with van der Waals surface area (Å²) in [4.78, 5) is 8.70. The fourth-order valence-electron chi connectivity index (χ4n) is 1.55. The number of aromatic nitrogens is 2. The molecule has 0 saturated carbocycles. The number of benzene rings is 1. The smallest absolute Gasteiger partial charge is 0.168 e. The van der Waals surface area contributed by atoms with E-state index in [1.807, 2.05) is 19.9 Å². The van der Waals surface area contributed by atoms with Gasteiger partial charge in [-0.15, -0.1) is 11.6 Å². The number of nitrogens with zero attached hydrogens (tertiary/aromatic N) is 2. The minimum Gasteiger partial charge on any atom is -0.452 e. The van der Waals surface area contributed by atoms with E-state index < -0.39 is 0 Å². The van der Waals surface area contributed by atoms with Gasteiger partial charge in [0, 0.05) is 10.4 Å². The lowest BCUT2D eigenvalue weighted by Crippen LogP contribution is -2.02. The standard InChI is InChI=1S/C14H13BrCl2N2O/c1-8(2)14-18-7-13(11(6-16)19-14)20-12-5-9(15)3-4-10(12)17/h3-5,7-8H,6H2,1-2H3. The van der Waals surface area contributed by atoms with Crippen LogP contribution in [0.25, 0.3) is 0 Å². The molecule has 0 fully saturated rings. The van der Waals surface area contributed by atoms with Gasteiger partial charge in [0.25, 0.3) is 0 Å². The summed E-state index contributed by atoms with van der Waals surface area (Å²) < 4.78 is 6.65. The Morgan fingerprint density at radius 1 is 1.30 bits per heavy atom. The maximum Gasteiger partial charge on any atom is 0.168 e. The van der Waals surface area contributed by atoms with E-state index in [1.54, 1.807) is 18.3 Å². The molecule has 106 valence electrons. The molecule has 2 aromatic rings. The lowest BCUT2D eigenvalue weighted by Gasteiger charge is -2.12. The highest BCUT2D eigenvalue weighted by Crippen LogP contribution is 2.33. The fourth-order valence-corrected chi connectivity index (χ4v) is 2.24. The van der Waals surface area contributed by atoms with Crippen LogP contribution in [0.5, 0.6) is 11.5 Å². The van der Waals surface area contributed by atoms with Gasteiger partial charge in [-0.25, -0.2) is 9.97 Å². The van der Waals surface area contributed by atoms with Crippen LogP contribution in [0.3, 0.4) is 0 Å². The number of ether oxygens (including phenoxy) is 1. The summed E-state index contributed by atoms with van der Waals surface area (Å²) in [6.45, 7) is 4.05. The predicted molar refractivity (Wildman–Crippen MR) is 84.9 cm³/mol. The van der Waals surface area contributed by atoms with E-state index in [0.29, 0.717) is 22.2 Å². The van der Waals surface area contributed by atoms with E-state index in [2.05, 4.69) is 25.9 Å². The van der Waals surface area contributed by atoms with Crippen molar-refractivity contribution in [2.45, 2.75) is 25.6 Å². The average Bonchev–Trinajstić information content (AvgIpc) is 2.43. The molecule has 20 heavy (non-hydrogen) atoms. The van der Waals surface area contributed by atoms with Crippen LogP contribution in [0.2, 0.25) is 5.02 Å². The molecule has 0 aliphatic heterocycles. The van der Waals surface area contributed by atoms with Crippen LogP contribution >= 0.6 is 39.1 Å². The average molecular weight is 376 g/mol. The van der Waals surface area contributed by atoms with Crippen molar-refractivity contribution in [3.05, 3.63) is 45.4 Å². The highest BCUT2D eigenvalue weighted by atomic mass is 79.9. The molecular weight excluding hydrogens is 363 g/mol. The second-order valence-electron chi connectivity index (χ2n) is 4.50. The van der Waals surface area contributed by atoms with Crippen molar-refractivity contribution in [1.29, 1.82) is 0 Å². The number of rotatable bonds is 4. The maximum absolute atomic E-state index is 6.10. The number of hydrogen-bond acceptors (Lipinski definition) is 3. The van der Waals surface area contributed by atoms with Gasteiger partial charge in [0.15, 0.2) is 5.75 Å². The van der Waals surface area contributed by atoms with Crippen LogP contribution in [0.15, 0.2) is 28.9 Å². The molecule has 0 atom stereocenters. The first-order valence-corrected chi connectivity index (χ1v) is 7.76. The molecular formula is C14H13BrCl2N2O. The molecule has 0 unspecified atom stereocenters. The van der Waals surface area contributed by atoms with Gasteiger partial charge < -0.3 is 4.74 Å². The van der Waals surface area contributed by atoms with Crippen LogP contribution in [-0.4, -0.2) is 9.97 Å². The van der Waals surface area contributed by atoms with Crippen molar-refractivity contribution in [3.63, 3.8) is 0 Å². The van der Waals surface area contributed by atoms with Crippen molar-refractivity contribution < 1.29 is 4.74 Å². The van der Waals surface area contributed by atoms with Gasteiger partial charge in [-0.05, 0) is 18.2 Å². The van der Waals surface area contributed by atoms with E-state index in [1.165, 1.54) is 0 Å². The molecule has 1 aromatic heterocycles. The van der Waals surface area contributed by atoms with Gasteiger partial charge in [0.05, 0.1) is 17.1 Å². The number of halogens is 3. The summed E-state index contributed by atoms with van der Waals surface area (Å²) in [6.07, 6.45) is 1.64. The Labute approximate surface area is 136 Å². The molecule has 6 heteroatoms. The molecule has 0 saturated heterocycles. The first-order chi connectivity index (χ1) is 9.51. The Kier molecular flexibility index (Phi) is 5.24. The minimum absolute atomic E-state index is 0.237. The first kappa shape index (κ1) is 15.5. The van der Waals surface area contributed by atoms with Crippen molar-refractivity contribution in [2.75, 3.05) is 0 Å². The quantitative estimate of drug-likeness (QED) is 0.657. The molecule has 0 bridgehead atoms. The molecule has 0 aliphatic rings. The minimum atomic E-state index is 0.237. The fraction of sp³-hybridized carbons (Fsp3) is 0.286. The second kappa shape index (κ2) is 6.74. The molecule has 0 spiro atoms. The van der Waals surface area contributed by atoms with E-state index >= 15 is 0 Å². The van der Waals surface area contributed by atoms with Crippen LogP contribution in [0.1, 0.15) is 31.3 Å². The highest BCUT2D eigenvalue weighted by molar-refractivity contribution is 9.10. The number of hydrogen-bond donors (Lipinski definition) is 0. The van der Waals surface area contributed by atoms with Crippen LogP contribution in [-0.2, 0) is 5.88 Å². The largest absolute Gasteiger partial charge is 0.452 e. The summed E-state index contributed by atoms with van der Waals surface area (Å²) in [5.41, 5.74) is 0.654. The van der Waals surface area contributed by atoms with E-state index in [0.717, 1.165) is 10.3 Å². The SMILES string of the molecule is CC(C)c1ncc(Oc2cc(Br)ccc2Cl)c(CCl)n1. The molecule has 0 aliphatic carbocycles. The lowest BCUT2D eigenvalue weighted by atomic mass is 10.2. The molecule has 1 aromatic carbocycles. The van der Waals surface area contributed by atoms with Crippen molar-refractivity contribution >= 4 is 39.1 Å². The molecule has 3 nitrogen and oxygen atoms in total. The lowest BCUT2D eigenvalue weighted by molar-refractivity contribution is 0.470. The summed E-state index contributed by atoms with van der Waals surface area (Å²) >= 11 is 15.4. The molecule has 0 N–H and O–H groups in total. The first-order valence-electron chi connectivity index (χ1n) is 6.06. The van der Waals surface area contributed by atoms with E-state index in [4.69, 9.17) is 27.9 Å². The van der Waals surface area contributed by atoms with Gasteiger partial charge in [0.2, 0.25) is 0 Å². The molecule has 0 amide bonds.